The van der Waals surface area contributed by atoms with Gasteiger partial charge >= 0.3 is 0 Å². The lowest BCUT2D eigenvalue weighted by Crippen LogP contribution is -2.11. The molecule has 0 saturated carbocycles. The molecular weight excluding hydrogens is 452 g/mol. The van der Waals surface area contributed by atoms with Gasteiger partial charge in [0.25, 0.3) is 0 Å². The van der Waals surface area contributed by atoms with Gasteiger partial charge in [0, 0.05) is 44.1 Å². The normalized spacial score (nSPS) is 12.9. The topological polar surface area (TPSA) is 30.4 Å². The fraction of sp³-hybridized carbons (Fsp3) is 0.147. The molecule has 0 atom stereocenters. The summed E-state index contributed by atoms with van der Waals surface area (Å²) in [5.41, 5.74) is 10.4. The summed E-state index contributed by atoms with van der Waals surface area (Å²) >= 11 is 0. The second-order valence-corrected chi connectivity index (χ2v) is 11.4. The van der Waals surface area contributed by atoms with Crippen LogP contribution in [0.25, 0.3) is 71.3 Å². The number of fused-ring (bicyclic) bond motifs is 10. The van der Waals surface area contributed by atoms with Gasteiger partial charge in [-0.3, -0.25) is 4.98 Å². The molecule has 0 radical (unpaired) electrons. The van der Waals surface area contributed by atoms with Crippen LogP contribution in [0.1, 0.15) is 31.9 Å². The van der Waals surface area contributed by atoms with Crippen molar-refractivity contribution in [1.82, 2.24) is 9.38 Å². The average Bonchev–Trinajstić information content (AvgIpc) is 3.53. The molecule has 4 aromatic carbocycles. The lowest BCUT2D eigenvalue weighted by Gasteiger charge is -2.19. The summed E-state index contributed by atoms with van der Waals surface area (Å²) in [6.45, 7) is 8.90. The summed E-state index contributed by atoms with van der Waals surface area (Å²) < 4.78 is 8.88. The van der Waals surface area contributed by atoms with Crippen LogP contribution in [0, 0.1) is 6.92 Å². The van der Waals surface area contributed by atoms with Gasteiger partial charge in [0.05, 0.1) is 22.2 Å². The summed E-state index contributed by atoms with van der Waals surface area (Å²) in [4.78, 5) is 4.75. The Balaban J connectivity index is 1.54. The van der Waals surface area contributed by atoms with Gasteiger partial charge in [-0.05, 0) is 66.4 Å². The predicted molar refractivity (Wildman–Crippen MR) is 155 cm³/mol. The van der Waals surface area contributed by atoms with E-state index in [1.807, 2.05) is 12.3 Å². The molecule has 0 aliphatic heterocycles. The Morgan fingerprint density at radius 2 is 1.51 bits per heavy atom. The van der Waals surface area contributed by atoms with Gasteiger partial charge in [0.1, 0.15) is 11.2 Å². The molecule has 3 heteroatoms. The van der Waals surface area contributed by atoms with Gasteiger partial charge in [-0.1, -0.05) is 56.7 Å². The van der Waals surface area contributed by atoms with E-state index < -0.39 is 0 Å². The third kappa shape index (κ3) is 2.74. The van der Waals surface area contributed by atoms with Crippen molar-refractivity contribution in [2.24, 2.45) is 0 Å². The lowest BCUT2D eigenvalue weighted by molar-refractivity contribution is 0.589. The number of benzene rings is 4. The molecule has 3 nitrogen and oxygen atoms in total. The highest BCUT2D eigenvalue weighted by atomic mass is 16.3. The number of nitrogens with zero attached hydrogens (tertiary/aromatic N) is 2. The molecule has 0 bridgehead atoms. The van der Waals surface area contributed by atoms with Crippen molar-refractivity contribution < 1.29 is 4.42 Å². The molecule has 8 aromatic rings. The van der Waals surface area contributed by atoms with E-state index in [0.29, 0.717) is 0 Å². The molecule has 0 amide bonds. The Bertz CT molecular complexity index is 2190. The van der Waals surface area contributed by atoms with Crippen molar-refractivity contribution in [3.05, 3.63) is 96.2 Å². The highest BCUT2D eigenvalue weighted by Crippen LogP contribution is 2.46. The summed E-state index contributed by atoms with van der Waals surface area (Å²) in [6, 6.07) is 28.6. The quantitative estimate of drug-likeness (QED) is 0.235. The Hall–Kier alpha value is -4.37. The molecule has 0 aliphatic rings. The van der Waals surface area contributed by atoms with E-state index in [4.69, 9.17) is 9.40 Å². The van der Waals surface area contributed by atoms with Crippen LogP contribution in [0.15, 0.2) is 89.5 Å². The number of para-hydroxylation sites is 1. The third-order valence-corrected chi connectivity index (χ3v) is 7.98. The minimum atomic E-state index is 0.0717. The maximum Gasteiger partial charge on any atom is 0.136 e. The molecule has 0 aliphatic carbocycles. The van der Waals surface area contributed by atoms with Crippen LogP contribution in [0.3, 0.4) is 0 Å². The van der Waals surface area contributed by atoms with Gasteiger partial charge in [-0.2, -0.15) is 0 Å². The molecule has 0 spiro atoms. The summed E-state index contributed by atoms with van der Waals surface area (Å²) in [7, 11) is 0. The first-order valence-corrected chi connectivity index (χ1v) is 12.9. The molecule has 0 unspecified atom stereocenters. The molecule has 0 N–H and O–H groups in total. The number of pyridine rings is 1. The monoisotopic (exact) mass is 478 g/mol. The number of aryl methyl sites for hydroxylation is 1. The van der Waals surface area contributed by atoms with E-state index in [-0.39, 0.29) is 5.41 Å². The number of furan rings is 1. The zero-order valence-corrected chi connectivity index (χ0v) is 21.4. The Kier molecular flexibility index (Phi) is 3.87. The fourth-order valence-corrected chi connectivity index (χ4v) is 6.15. The maximum absolute atomic E-state index is 6.44. The van der Waals surface area contributed by atoms with Crippen LogP contribution in [0.4, 0.5) is 0 Å². The van der Waals surface area contributed by atoms with Crippen LogP contribution in [0.2, 0.25) is 0 Å². The zero-order chi connectivity index (χ0) is 25.1. The van der Waals surface area contributed by atoms with Crippen molar-refractivity contribution >= 4 is 60.0 Å². The smallest absolute Gasteiger partial charge is 0.136 e. The summed E-state index contributed by atoms with van der Waals surface area (Å²) in [6.07, 6.45) is 1.93. The molecule has 178 valence electrons. The van der Waals surface area contributed by atoms with E-state index in [0.717, 1.165) is 22.4 Å². The number of hydrogen-bond acceptors (Lipinski definition) is 2. The van der Waals surface area contributed by atoms with E-state index in [1.54, 1.807) is 0 Å². The summed E-state index contributed by atoms with van der Waals surface area (Å²) in [5.74, 6) is 0. The first-order chi connectivity index (χ1) is 17.9. The Morgan fingerprint density at radius 1 is 0.703 bits per heavy atom. The summed E-state index contributed by atoms with van der Waals surface area (Å²) in [5, 5.41) is 7.38. The molecule has 37 heavy (non-hydrogen) atoms. The first kappa shape index (κ1) is 20.8. The van der Waals surface area contributed by atoms with Crippen LogP contribution < -0.4 is 0 Å². The molecule has 8 rings (SSSR count). The van der Waals surface area contributed by atoms with E-state index in [2.05, 4.69) is 105 Å². The van der Waals surface area contributed by atoms with Gasteiger partial charge in [-0.25, -0.2) is 0 Å². The Morgan fingerprint density at radius 3 is 2.38 bits per heavy atom. The first-order valence-electron chi connectivity index (χ1n) is 12.9. The van der Waals surface area contributed by atoms with Gasteiger partial charge in [0.2, 0.25) is 0 Å². The highest BCUT2D eigenvalue weighted by Gasteiger charge is 2.23. The van der Waals surface area contributed by atoms with Crippen molar-refractivity contribution in [3.63, 3.8) is 0 Å². The predicted octanol–water partition coefficient (Wildman–Crippen LogP) is 9.40. The molecular formula is C34H26N2O. The largest absolute Gasteiger partial charge is 0.456 e. The van der Waals surface area contributed by atoms with Crippen LogP contribution >= 0.6 is 0 Å². The number of hydrogen-bond donors (Lipinski definition) is 0. The zero-order valence-electron chi connectivity index (χ0n) is 21.4. The second-order valence-electron chi connectivity index (χ2n) is 11.4. The van der Waals surface area contributed by atoms with E-state index in [9.17, 15) is 0 Å². The van der Waals surface area contributed by atoms with Crippen LogP contribution in [0.5, 0.6) is 0 Å². The number of rotatable bonds is 1. The third-order valence-electron chi connectivity index (χ3n) is 7.98. The van der Waals surface area contributed by atoms with Crippen molar-refractivity contribution in [2.75, 3.05) is 0 Å². The van der Waals surface area contributed by atoms with E-state index >= 15 is 0 Å². The molecule has 0 fully saturated rings. The SMILES string of the molecule is Cc1ccc2c(c1)c1c3c(cc4c5cc(-c6cc(C(C)(C)C)ccn6)ccc5n2c41)oc1ccccc13. The van der Waals surface area contributed by atoms with Crippen molar-refractivity contribution in [1.29, 1.82) is 0 Å². The minimum Gasteiger partial charge on any atom is -0.456 e. The highest BCUT2D eigenvalue weighted by molar-refractivity contribution is 6.34. The van der Waals surface area contributed by atoms with Gasteiger partial charge < -0.3 is 8.82 Å². The van der Waals surface area contributed by atoms with Crippen molar-refractivity contribution in [3.8, 4) is 11.3 Å². The maximum atomic E-state index is 6.44. The van der Waals surface area contributed by atoms with Crippen LogP contribution in [-0.2, 0) is 5.41 Å². The molecule has 4 heterocycles. The fourth-order valence-electron chi connectivity index (χ4n) is 6.15. The second kappa shape index (κ2) is 6.89. The van der Waals surface area contributed by atoms with E-state index in [1.165, 1.54) is 60.0 Å². The number of aromatic nitrogens is 2. The van der Waals surface area contributed by atoms with Crippen molar-refractivity contribution in [2.45, 2.75) is 33.1 Å². The minimum absolute atomic E-state index is 0.0717. The van der Waals surface area contributed by atoms with Crippen LogP contribution in [-0.4, -0.2) is 9.38 Å². The Labute approximate surface area is 214 Å². The molecule has 4 aromatic heterocycles. The average molecular weight is 479 g/mol. The lowest BCUT2D eigenvalue weighted by atomic mass is 9.87. The van der Waals surface area contributed by atoms with Gasteiger partial charge in [0.15, 0.2) is 0 Å². The standard InChI is InChI=1S/C34H26N2O/c1-19-9-11-28-25(15-19)32-31-22-7-5-6-8-29(22)37-30(31)18-24-23-16-20(10-12-27(23)36(28)33(24)32)26-17-21(13-14-35-26)34(2,3)4/h5-18H,1-4H3. The van der Waals surface area contributed by atoms with Gasteiger partial charge in [-0.15, -0.1) is 0 Å². The molecule has 0 saturated heterocycles.